The Morgan fingerprint density at radius 3 is 2.71 bits per heavy atom. The first-order valence-corrected chi connectivity index (χ1v) is 4.76. The third kappa shape index (κ3) is 2.03. The number of carbonyl (C=O) groups is 1. The van der Waals surface area contributed by atoms with E-state index in [9.17, 15) is 9.59 Å². The molecule has 0 aliphatic rings. The molecule has 0 atom stereocenters. The molecule has 0 fully saturated rings. The summed E-state index contributed by atoms with van der Waals surface area (Å²) in [6.07, 6.45) is -0.0624. The van der Waals surface area contributed by atoms with Crippen molar-refractivity contribution in [3.8, 4) is 0 Å². The second kappa shape index (κ2) is 3.78. The van der Waals surface area contributed by atoms with Gasteiger partial charge in [-0.05, 0) is 17.7 Å². The molecule has 1 aromatic heterocycles. The molecule has 0 radical (unpaired) electrons. The first-order chi connectivity index (χ1) is 7.97. The Bertz CT molecular complexity index is 668. The van der Waals surface area contributed by atoms with Crippen LogP contribution in [0, 0.1) is 5.41 Å². The fourth-order valence-electron chi connectivity index (χ4n) is 1.61. The fourth-order valence-corrected chi connectivity index (χ4v) is 1.61. The highest BCUT2D eigenvalue weighted by molar-refractivity contribution is 5.99. The second-order valence-electron chi connectivity index (χ2n) is 3.58. The lowest BCUT2D eigenvalue weighted by Crippen LogP contribution is -2.16. The van der Waals surface area contributed by atoms with Crippen molar-refractivity contribution in [2.45, 2.75) is 6.42 Å². The van der Waals surface area contributed by atoms with E-state index >= 15 is 0 Å². The average Bonchev–Trinajstić information content (AvgIpc) is 2.57. The van der Waals surface area contributed by atoms with Gasteiger partial charge in [-0.25, -0.2) is 4.79 Å². The van der Waals surface area contributed by atoms with Crippen LogP contribution in [0.3, 0.4) is 0 Å². The first kappa shape index (κ1) is 10.9. The number of nitrogen functional groups attached to an aromatic ring is 1. The molecule has 0 saturated heterocycles. The highest BCUT2D eigenvalue weighted by Crippen LogP contribution is 2.18. The van der Waals surface area contributed by atoms with Crippen LogP contribution in [-0.2, 0) is 11.2 Å². The van der Waals surface area contributed by atoms with Crippen molar-refractivity contribution in [2.75, 3.05) is 0 Å². The van der Waals surface area contributed by atoms with Crippen LogP contribution in [0.25, 0.3) is 11.1 Å². The number of hydrogen-bond acceptors (Lipinski definition) is 4. The molecule has 1 amide bonds. The number of fused-ring (bicyclic) bond motifs is 1. The number of primary amides is 1. The molecule has 0 saturated carbocycles. The number of oxazole rings is 1. The third-order valence-electron chi connectivity index (χ3n) is 2.29. The molecule has 2 aromatic rings. The molecule has 7 heteroatoms. The van der Waals surface area contributed by atoms with E-state index in [1.54, 1.807) is 0 Å². The van der Waals surface area contributed by atoms with Crippen LogP contribution in [0.1, 0.15) is 11.1 Å². The first-order valence-electron chi connectivity index (χ1n) is 4.76. The Hall–Kier alpha value is -2.57. The zero-order valence-corrected chi connectivity index (χ0v) is 8.74. The minimum atomic E-state index is -0.633. The van der Waals surface area contributed by atoms with Crippen molar-refractivity contribution in [2.24, 2.45) is 11.5 Å². The van der Waals surface area contributed by atoms with Gasteiger partial charge in [0.05, 0.1) is 11.9 Å². The Labute approximate surface area is 94.9 Å². The predicted octanol–water partition coefficient (Wildman–Crippen LogP) is -0.567. The van der Waals surface area contributed by atoms with E-state index in [2.05, 4.69) is 4.98 Å². The maximum absolute atomic E-state index is 11.1. The number of nitrogens with one attached hydrogen (secondary N) is 2. The standard InChI is InChI=1S/C10H10N4O3/c11-7(15)3-4-1-5(9(12)13)2-6-8(4)14-10(16)17-6/h1-2H,3H2,(H2,11,15)(H3,12,13)(H,14,16). The third-order valence-corrected chi connectivity index (χ3v) is 2.29. The van der Waals surface area contributed by atoms with Crippen molar-refractivity contribution in [1.29, 1.82) is 5.41 Å². The number of aromatic nitrogens is 1. The van der Waals surface area contributed by atoms with Crippen LogP contribution < -0.4 is 17.2 Å². The molecular weight excluding hydrogens is 224 g/mol. The van der Waals surface area contributed by atoms with E-state index in [0.29, 0.717) is 16.6 Å². The zero-order chi connectivity index (χ0) is 12.6. The molecular formula is C10H10N4O3. The van der Waals surface area contributed by atoms with Crippen LogP contribution in [0.4, 0.5) is 0 Å². The number of amidine groups is 1. The lowest BCUT2D eigenvalue weighted by atomic mass is 10.1. The van der Waals surface area contributed by atoms with Gasteiger partial charge in [-0.1, -0.05) is 0 Å². The number of nitrogens with two attached hydrogens (primary N) is 2. The molecule has 88 valence electrons. The fraction of sp³-hybridized carbons (Fsp3) is 0.100. The minimum absolute atomic E-state index is 0.0624. The van der Waals surface area contributed by atoms with Gasteiger partial charge in [0.2, 0.25) is 5.91 Å². The van der Waals surface area contributed by atoms with Gasteiger partial charge in [0, 0.05) is 5.56 Å². The van der Waals surface area contributed by atoms with Crippen molar-refractivity contribution in [3.05, 3.63) is 33.8 Å². The normalized spacial score (nSPS) is 10.6. The van der Waals surface area contributed by atoms with Gasteiger partial charge in [-0.2, -0.15) is 0 Å². The van der Waals surface area contributed by atoms with Crippen LogP contribution in [0.15, 0.2) is 21.3 Å². The van der Waals surface area contributed by atoms with E-state index < -0.39 is 11.7 Å². The molecule has 1 aromatic carbocycles. The molecule has 17 heavy (non-hydrogen) atoms. The summed E-state index contributed by atoms with van der Waals surface area (Å²) in [6.45, 7) is 0. The summed E-state index contributed by atoms with van der Waals surface area (Å²) < 4.78 is 4.87. The summed E-state index contributed by atoms with van der Waals surface area (Å²) in [7, 11) is 0. The van der Waals surface area contributed by atoms with Crippen LogP contribution in [0.5, 0.6) is 0 Å². The van der Waals surface area contributed by atoms with Crippen LogP contribution >= 0.6 is 0 Å². The highest BCUT2D eigenvalue weighted by Gasteiger charge is 2.12. The maximum Gasteiger partial charge on any atom is 0.417 e. The van der Waals surface area contributed by atoms with Gasteiger partial charge < -0.3 is 15.9 Å². The Morgan fingerprint density at radius 1 is 1.41 bits per heavy atom. The lowest BCUT2D eigenvalue weighted by molar-refractivity contribution is -0.117. The average molecular weight is 234 g/mol. The maximum atomic E-state index is 11.1. The minimum Gasteiger partial charge on any atom is -0.408 e. The van der Waals surface area contributed by atoms with E-state index in [4.69, 9.17) is 21.3 Å². The molecule has 0 aliphatic carbocycles. The van der Waals surface area contributed by atoms with E-state index in [1.807, 2.05) is 0 Å². The molecule has 0 bridgehead atoms. The molecule has 0 aliphatic heterocycles. The largest absolute Gasteiger partial charge is 0.417 e. The smallest absolute Gasteiger partial charge is 0.408 e. The molecule has 7 nitrogen and oxygen atoms in total. The molecule has 2 rings (SSSR count). The SMILES string of the molecule is N=C(N)c1cc(CC(N)=O)c2[nH]c(=O)oc2c1. The summed E-state index contributed by atoms with van der Waals surface area (Å²) >= 11 is 0. The lowest BCUT2D eigenvalue weighted by Gasteiger charge is -2.03. The van der Waals surface area contributed by atoms with E-state index in [-0.39, 0.29) is 17.8 Å². The van der Waals surface area contributed by atoms with E-state index in [0.717, 1.165) is 0 Å². The number of rotatable bonds is 3. The van der Waals surface area contributed by atoms with Gasteiger partial charge in [0.25, 0.3) is 0 Å². The highest BCUT2D eigenvalue weighted by atomic mass is 16.4. The molecule has 1 heterocycles. The summed E-state index contributed by atoms with van der Waals surface area (Å²) in [5.74, 6) is -1.36. The van der Waals surface area contributed by atoms with Gasteiger partial charge in [0.15, 0.2) is 5.58 Å². The van der Waals surface area contributed by atoms with Crippen molar-refractivity contribution < 1.29 is 9.21 Å². The number of hydrogen-bond donors (Lipinski definition) is 4. The van der Waals surface area contributed by atoms with Crippen molar-refractivity contribution >= 4 is 22.8 Å². The molecule has 6 N–H and O–H groups in total. The summed E-state index contributed by atoms with van der Waals surface area (Å²) in [5.41, 5.74) is 12.0. The number of amides is 1. The summed E-state index contributed by atoms with van der Waals surface area (Å²) in [5, 5.41) is 7.33. The summed E-state index contributed by atoms with van der Waals surface area (Å²) in [4.78, 5) is 24.5. The van der Waals surface area contributed by atoms with E-state index in [1.165, 1.54) is 12.1 Å². The summed E-state index contributed by atoms with van der Waals surface area (Å²) in [6, 6.07) is 2.99. The van der Waals surface area contributed by atoms with Gasteiger partial charge in [-0.15, -0.1) is 0 Å². The van der Waals surface area contributed by atoms with Crippen LogP contribution in [0.2, 0.25) is 0 Å². The number of benzene rings is 1. The molecule has 0 spiro atoms. The van der Waals surface area contributed by atoms with Gasteiger partial charge in [0.1, 0.15) is 5.84 Å². The number of carbonyl (C=O) groups excluding carboxylic acids is 1. The predicted molar refractivity (Wildman–Crippen MR) is 60.7 cm³/mol. The zero-order valence-electron chi connectivity index (χ0n) is 8.74. The monoisotopic (exact) mass is 234 g/mol. The van der Waals surface area contributed by atoms with Gasteiger partial charge >= 0.3 is 5.76 Å². The van der Waals surface area contributed by atoms with Crippen LogP contribution in [-0.4, -0.2) is 16.7 Å². The Morgan fingerprint density at radius 2 is 2.12 bits per heavy atom. The quantitative estimate of drug-likeness (QED) is 0.417. The number of aromatic amines is 1. The number of H-pyrrole nitrogens is 1. The van der Waals surface area contributed by atoms with Gasteiger partial charge in [-0.3, -0.25) is 15.2 Å². The van der Waals surface area contributed by atoms with Crippen molar-refractivity contribution in [1.82, 2.24) is 4.98 Å². The topological polar surface area (TPSA) is 139 Å². The Balaban J connectivity index is 2.72. The molecule has 0 unspecified atom stereocenters. The van der Waals surface area contributed by atoms with Crippen molar-refractivity contribution in [3.63, 3.8) is 0 Å². The second-order valence-corrected chi connectivity index (χ2v) is 3.58. The Kier molecular flexibility index (Phi) is 2.43.